The van der Waals surface area contributed by atoms with Crippen LogP contribution in [0.15, 0.2) is 35.7 Å². The fourth-order valence-corrected chi connectivity index (χ4v) is 3.32. The summed E-state index contributed by atoms with van der Waals surface area (Å²) in [6.07, 6.45) is 1.27. The SMILES string of the molecule is O=C1CCCN1CN(C(=O)c1cccs1)c1ccc(F)c(Cl)c1. The highest BCUT2D eigenvalue weighted by molar-refractivity contribution is 7.12. The number of nitrogens with zero attached hydrogens (tertiary/aromatic N) is 2. The maximum atomic E-state index is 13.4. The Bertz CT molecular complexity index is 736. The molecule has 0 radical (unpaired) electrons. The lowest BCUT2D eigenvalue weighted by Gasteiger charge is -2.28. The lowest BCUT2D eigenvalue weighted by atomic mass is 10.2. The number of carbonyl (C=O) groups excluding carboxylic acids is 2. The molecule has 1 aliphatic rings. The van der Waals surface area contributed by atoms with E-state index < -0.39 is 5.82 Å². The molecule has 0 aliphatic carbocycles. The summed E-state index contributed by atoms with van der Waals surface area (Å²) in [4.78, 5) is 28.3. The highest BCUT2D eigenvalue weighted by atomic mass is 35.5. The molecule has 1 aliphatic heterocycles. The Labute approximate surface area is 142 Å². The van der Waals surface area contributed by atoms with Crippen LogP contribution in [0.25, 0.3) is 0 Å². The van der Waals surface area contributed by atoms with E-state index in [0.717, 1.165) is 6.42 Å². The van der Waals surface area contributed by atoms with Crippen LogP contribution in [0, 0.1) is 5.82 Å². The summed E-state index contributed by atoms with van der Waals surface area (Å²) in [5.41, 5.74) is 0.467. The van der Waals surface area contributed by atoms with Gasteiger partial charge in [-0.15, -0.1) is 11.3 Å². The first-order chi connectivity index (χ1) is 11.1. The fraction of sp³-hybridized carbons (Fsp3) is 0.250. The molecule has 0 N–H and O–H groups in total. The average Bonchev–Trinajstić information content (AvgIpc) is 3.19. The van der Waals surface area contributed by atoms with Crippen LogP contribution in [0.1, 0.15) is 22.5 Å². The van der Waals surface area contributed by atoms with Crippen LogP contribution >= 0.6 is 22.9 Å². The number of likely N-dealkylation sites (tertiary alicyclic amines) is 1. The van der Waals surface area contributed by atoms with Gasteiger partial charge in [-0.25, -0.2) is 4.39 Å². The highest BCUT2D eigenvalue weighted by Crippen LogP contribution is 2.26. The first kappa shape index (κ1) is 16.0. The lowest BCUT2D eigenvalue weighted by molar-refractivity contribution is -0.127. The van der Waals surface area contributed by atoms with Gasteiger partial charge in [0.25, 0.3) is 5.91 Å². The minimum absolute atomic E-state index is 0.0159. The zero-order chi connectivity index (χ0) is 16.4. The number of rotatable bonds is 4. The van der Waals surface area contributed by atoms with Crippen LogP contribution in [0.4, 0.5) is 10.1 Å². The largest absolute Gasteiger partial charge is 0.324 e. The maximum Gasteiger partial charge on any atom is 0.269 e. The first-order valence-electron chi connectivity index (χ1n) is 7.14. The molecule has 0 unspecified atom stereocenters. The molecule has 1 aromatic carbocycles. The number of thiophene rings is 1. The molecular formula is C16H14ClFN2O2S. The Morgan fingerprint density at radius 2 is 2.22 bits per heavy atom. The molecule has 4 nitrogen and oxygen atoms in total. The Balaban J connectivity index is 1.93. The van der Waals surface area contributed by atoms with E-state index >= 15 is 0 Å². The van der Waals surface area contributed by atoms with Gasteiger partial charge in [0, 0.05) is 18.7 Å². The van der Waals surface area contributed by atoms with Crippen molar-refractivity contribution < 1.29 is 14.0 Å². The first-order valence-corrected chi connectivity index (χ1v) is 8.40. The second-order valence-electron chi connectivity index (χ2n) is 5.21. The van der Waals surface area contributed by atoms with Gasteiger partial charge >= 0.3 is 0 Å². The number of hydrogen-bond acceptors (Lipinski definition) is 3. The molecular weight excluding hydrogens is 339 g/mol. The van der Waals surface area contributed by atoms with Crippen molar-refractivity contribution in [1.29, 1.82) is 0 Å². The molecule has 0 atom stereocenters. The van der Waals surface area contributed by atoms with Crippen LogP contribution in [-0.2, 0) is 4.79 Å². The van der Waals surface area contributed by atoms with Crippen molar-refractivity contribution in [3.8, 4) is 0 Å². The van der Waals surface area contributed by atoms with Crippen molar-refractivity contribution >= 4 is 40.4 Å². The molecule has 3 rings (SSSR count). The number of benzene rings is 1. The summed E-state index contributed by atoms with van der Waals surface area (Å²) < 4.78 is 13.4. The minimum atomic E-state index is -0.545. The molecule has 1 fully saturated rings. The quantitative estimate of drug-likeness (QED) is 0.840. The second-order valence-corrected chi connectivity index (χ2v) is 6.57. The van der Waals surface area contributed by atoms with Crippen molar-refractivity contribution in [3.63, 3.8) is 0 Å². The van der Waals surface area contributed by atoms with Crippen molar-refractivity contribution in [3.05, 3.63) is 51.4 Å². The molecule has 0 spiro atoms. The Morgan fingerprint density at radius 1 is 1.39 bits per heavy atom. The van der Waals surface area contributed by atoms with Crippen molar-refractivity contribution in [1.82, 2.24) is 4.90 Å². The van der Waals surface area contributed by atoms with E-state index in [4.69, 9.17) is 11.6 Å². The van der Waals surface area contributed by atoms with Gasteiger partial charge < -0.3 is 4.90 Å². The summed E-state index contributed by atoms with van der Waals surface area (Å²) >= 11 is 7.16. The van der Waals surface area contributed by atoms with Crippen LogP contribution in [0.5, 0.6) is 0 Å². The molecule has 23 heavy (non-hydrogen) atoms. The predicted molar refractivity (Wildman–Crippen MR) is 88.4 cm³/mol. The third kappa shape index (κ3) is 3.38. The standard InChI is InChI=1S/C16H14ClFN2O2S/c17-12-9-11(5-6-13(12)18)20(10-19-7-1-4-15(19)21)16(22)14-3-2-8-23-14/h2-3,5-6,8-9H,1,4,7,10H2. The zero-order valence-electron chi connectivity index (χ0n) is 12.2. The summed E-state index contributed by atoms with van der Waals surface area (Å²) in [6.45, 7) is 0.750. The monoisotopic (exact) mass is 352 g/mol. The maximum absolute atomic E-state index is 13.4. The van der Waals surface area contributed by atoms with E-state index in [1.54, 1.807) is 17.0 Å². The van der Waals surface area contributed by atoms with Gasteiger partial charge in [-0.05, 0) is 36.1 Å². The normalized spacial score (nSPS) is 14.3. The van der Waals surface area contributed by atoms with E-state index in [9.17, 15) is 14.0 Å². The van der Waals surface area contributed by atoms with Gasteiger partial charge in [0.1, 0.15) is 12.5 Å². The third-order valence-electron chi connectivity index (χ3n) is 3.68. The molecule has 0 bridgehead atoms. The van der Waals surface area contributed by atoms with Crippen molar-refractivity contribution in [2.24, 2.45) is 0 Å². The smallest absolute Gasteiger partial charge is 0.269 e. The summed E-state index contributed by atoms with van der Waals surface area (Å²) in [5.74, 6) is -0.763. The molecule has 120 valence electrons. The van der Waals surface area contributed by atoms with Crippen LogP contribution < -0.4 is 4.90 Å². The van der Waals surface area contributed by atoms with Gasteiger partial charge in [0.15, 0.2) is 0 Å². The van der Waals surface area contributed by atoms with Gasteiger partial charge in [-0.1, -0.05) is 17.7 Å². The van der Waals surface area contributed by atoms with Gasteiger partial charge in [-0.2, -0.15) is 0 Å². The molecule has 1 saturated heterocycles. The van der Waals surface area contributed by atoms with E-state index in [1.165, 1.54) is 34.4 Å². The van der Waals surface area contributed by atoms with Gasteiger partial charge in [0.05, 0.1) is 9.90 Å². The van der Waals surface area contributed by atoms with Crippen LogP contribution in [0.3, 0.4) is 0 Å². The third-order valence-corrected chi connectivity index (χ3v) is 4.82. The Kier molecular flexibility index (Phi) is 4.63. The van der Waals surface area contributed by atoms with E-state index in [2.05, 4.69) is 0 Å². The highest BCUT2D eigenvalue weighted by Gasteiger charge is 2.27. The van der Waals surface area contributed by atoms with Crippen molar-refractivity contribution in [2.75, 3.05) is 18.1 Å². The number of hydrogen-bond donors (Lipinski definition) is 0. The topological polar surface area (TPSA) is 40.6 Å². The van der Waals surface area contributed by atoms with E-state index in [1.807, 2.05) is 5.38 Å². The van der Waals surface area contributed by atoms with Crippen LogP contribution in [-0.4, -0.2) is 29.9 Å². The molecule has 2 amide bonds. The molecule has 1 aromatic heterocycles. The predicted octanol–water partition coefficient (Wildman–Crippen LogP) is 3.77. The number of anilines is 1. The lowest BCUT2D eigenvalue weighted by Crippen LogP contribution is -2.42. The number of amides is 2. The molecule has 7 heteroatoms. The molecule has 0 saturated carbocycles. The van der Waals surface area contributed by atoms with E-state index in [-0.39, 0.29) is 23.5 Å². The fourth-order valence-electron chi connectivity index (χ4n) is 2.47. The average molecular weight is 353 g/mol. The van der Waals surface area contributed by atoms with E-state index in [0.29, 0.717) is 23.5 Å². The minimum Gasteiger partial charge on any atom is -0.324 e. The van der Waals surface area contributed by atoms with Gasteiger partial charge in [0.2, 0.25) is 5.91 Å². The summed E-state index contributed by atoms with van der Waals surface area (Å²) in [6, 6.07) is 7.63. The molecule has 2 heterocycles. The molecule has 2 aromatic rings. The van der Waals surface area contributed by atoms with Crippen LogP contribution in [0.2, 0.25) is 5.02 Å². The summed E-state index contributed by atoms with van der Waals surface area (Å²) in [5, 5.41) is 1.75. The zero-order valence-corrected chi connectivity index (χ0v) is 13.7. The Hall–Kier alpha value is -1.92. The summed E-state index contributed by atoms with van der Waals surface area (Å²) in [7, 11) is 0. The van der Waals surface area contributed by atoms with Gasteiger partial charge in [-0.3, -0.25) is 14.5 Å². The Morgan fingerprint density at radius 3 is 2.83 bits per heavy atom. The number of carbonyl (C=O) groups is 2. The second kappa shape index (κ2) is 6.68. The van der Waals surface area contributed by atoms with Crippen molar-refractivity contribution in [2.45, 2.75) is 12.8 Å². The number of halogens is 2.